The third-order valence-electron chi connectivity index (χ3n) is 4.06. The fourth-order valence-electron chi connectivity index (χ4n) is 2.88. The van der Waals surface area contributed by atoms with Gasteiger partial charge in [-0.25, -0.2) is 0 Å². The number of aryl methyl sites for hydroxylation is 1. The molecule has 15 heavy (non-hydrogen) atoms. The minimum Gasteiger partial charge on any atom is -0.373 e. The number of epoxide rings is 1. The summed E-state index contributed by atoms with van der Waals surface area (Å²) in [7, 11) is 0. The van der Waals surface area contributed by atoms with Gasteiger partial charge >= 0.3 is 0 Å². The van der Waals surface area contributed by atoms with Crippen LogP contribution in [0.4, 0.5) is 0 Å². The summed E-state index contributed by atoms with van der Waals surface area (Å²) in [5.74, 6) is 0.830. The maximum atomic E-state index is 5.36. The second-order valence-electron chi connectivity index (χ2n) is 5.47. The van der Waals surface area contributed by atoms with Crippen molar-refractivity contribution in [2.45, 2.75) is 38.2 Å². The van der Waals surface area contributed by atoms with Gasteiger partial charge in [-0.15, -0.1) is 0 Å². The van der Waals surface area contributed by atoms with Gasteiger partial charge in [-0.3, -0.25) is 0 Å². The molecule has 2 aliphatic rings. The third-order valence-corrected chi connectivity index (χ3v) is 4.06. The van der Waals surface area contributed by atoms with Crippen molar-refractivity contribution < 1.29 is 4.74 Å². The molecule has 1 aromatic rings. The molecular weight excluding hydrogens is 184 g/mol. The highest BCUT2D eigenvalue weighted by Crippen LogP contribution is 2.51. The van der Waals surface area contributed by atoms with Crippen molar-refractivity contribution in [3.63, 3.8) is 0 Å². The molecule has 1 atom stereocenters. The van der Waals surface area contributed by atoms with Crippen LogP contribution in [0.25, 0.3) is 0 Å². The van der Waals surface area contributed by atoms with Crippen LogP contribution in [0.2, 0.25) is 0 Å². The Bertz CT molecular complexity index is 355. The zero-order valence-electron chi connectivity index (χ0n) is 9.49. The first-order valence-corrected chi connectivity index (χ1v) is 5.86. The summed E-state index contributed by atoms with van der Waals surface area (Å²) in [6, 6.07) is 9.03. The van der Waals surface area contributed by atoms with Crippen LogP contribution in [0.3, 0.4) is 0 Å². The van der Waals surface area contributed by atoms with Crippen LogP contribution < -0.4 is 0 Å². The Hall–Kier alpha value is -0.820. The Balaban J connectivity index is 1.74. The molecule has 1 heterocycles. The average molecular weight is 202 g/mol. The predicted molar refractivity (Wildman–Crippen MR) is 61.0 cm³/mol. The van der Waals surface area contributed by atoms with Gasteiger partial charge in [0.15, 0.2) is 0 Å². The van der Waals surface area contributed by atoms with Gasteiger partial charge in [-0.2, -0.15) is 0 Å². The molecule has 1 heteroatoms. The Morgan fingerprint density at radius 3 is 2.33 bits per heavy atom. The molecule has 0 radical (unpaired) electrons. The van der Waals surface area contributed by atoms with Gasteiger partial charge in [0.05, 0.1) is 12.7 Å². The molecule has 0 N–H and O–H groups in total. The molecule has 0 aromatic heterocycles. The molecule has 0 bridgehead atoms. The molecule has 1 saturated heterocycles. The highest BCUT2D eigenvalue weighted by atomic mass is 16.6. The van der Waals surface area contributed by atoms with Crippen LogP contribution in [0.5, 0.6) is 0 Å². The van der Waals surface area contributed by atoms with E-state index in [1.54, 1.807) is 0 Å². The first kappa shape index (κ1) is 9.41. The van der Waals surface area contributed by atoms with E-state index in [2.05, 4.69) is 38.1 Å². The standard InChI is InChI=1S/C14H18O/c1-10-3-5-12(6-4-10)14(2)7-11(8-14)13-9-15-13/h3-6,11,13H,7-9H2,1-2H3. The lowest BCUT2D eigenvalue weighted by Gasteiger charge is -2.45. The van der Waals surface area contributed by atoms with E-state index in [0.29, 0.717) is 11.5 Å². The van der Waals surface area contributed by atoms with E-state index in [1.807, 2.05) is 0 Å². The van der Waals surface area contributed by atoms with Crippen molar-refractivity contribution in [3.8, 4) is 0 Å². The van der Waals surface area contributed by atoms with Crippen molar-refractivity contribution >= 4 is 0 Å². The Morgan fingerprint density at radius 1 is 1.20 bits per heavy atom. The van der Waals surface area contributed by atoms with Crippen LogP contribution >= 0.6 is 0 Å². The van der Waals surface area contributed by atoms with Crippen LogP contribution in [0.15, 0.2) is 24.3 Å². The molecule has 2 fully saturated rings. The summed E-state index contributed by atoms with van der Waals surface area (Å²) >= 11 is 0. The average Bonchev–Trinajstić information content (AvgIpc) is 2.97. The zero-order chi connectivity index (χ0) is 10.5. The predicted octanol–water partition coefficient (Wildman–Crippen LogP) is 3.06. The second-order valence-corrected chi connectivity index (χ2v) is 5.47. The molecule has 1 saturated carbocycles. The van der Waals surface area contributed by atoms with Crippen molar-refractivity contribution in [1.82, 2.24) is 0 Å². The fourth-order valence-corrected chi connectivity index (χ4v) is 2.88. The lowest BCUT2D eigenvalue weighted by molar-refractivity contribution is 0.125. The summed E-state index contributed by atoms with van der Waals surface area (Å²) in [5.41, 5.74) is 3.28. The Labute approximate surface area is 91.5 Å². The van der Waals surface area contributed by atoms with Gasteiger partial charge < -0.3 is 4.74 Å². The second kappa shape index (κ2) is 3.08. The lowest BCUT2D eigenvalue weighted by atomic mass is 9.59. The number of ether oxygens (including phenoxy) is 1. The zero-order valence-corrected chi connectivity index (χ0v) is 9.49. The number of hydrogen-bond donors (Lipinski definition) is 0. The first-order valence-electron chi connectivity index (χ1n) is 5.86. The van der Waals surface area contributed by atoms with E-state index >= 15 is 0 Å². The van der Waals surface area contributed by atoms with Crippen molar-refractivity contribution in [2.24, 2.45) is 5.92 Å². The number of hydrogen-bond acceptors (Lipinski definition) is 1. The number of rotatable bonds is 2. The Kier molecular flexibility index (Phi) is 1.93. The molecule has 0 amide bonds. The number of benzene rings is 1. The van der Waals surface area contributed by atoms with Crippen LogP contribution in [-0.4, -0.2) is 12.7 Å². The van der Waals surface area contributed by atoms with Gasteiger partial charge in [0.1, 0.15) is 0 Å². The lowest BCUT2D eigenvalue weighted by Crippen LogP contribution is -2.41. The van der Waals surface area contributed by atoms with E-state index < -0.39 is 0 Å². The van der Waals surface area contributed by atoms with E-state index in [0.717, 1.165) is 12.5 Å². The molecule has 80 valence electrons. The molecule has 1 aliphatic heterocycles. The molecule has 3 rings (SSSR count). The summed E-state index contributed by atoms with van der Waals surface area (Å²) in [5, 5.41) is 0. The first-order chi connectivity index (χ1) is 7.17. The van der Waals surface area contributed by atoms with E-state index in [-0.39, 0.29) is 0 Å². The SMILES string of the molecule is Cc1ccc(C2(C)CC(C3CO3)C2)cc1. The topological polar surface area (TPSA) is 12.5 Å². The molecule has 1 nitrogen and oxygen atoms in total. The van der Waals surface area contributed by atoms with Gasteiger partial charge in [-0.05, 0) is 36.7 Å². The third kappa shape index (κ3) is 1.59. The fraction of sp³-hybridized carbons (Fsp3) is 0.571. The van der Waals surface area contributed by atoms with Crippen LogP contribution in [-0.2, 0) is 10.2 Å². The van der Waals surface area contributed by atoms with Crippen molar-refractivity contribution in [2.75, 3.05) is 6.61 Å². The highest BCUT2D eigenvalue weighted by Gasteiger charge is 2.48. The van der Waals surface area contributed by atoms with E-state index in [1.165, 1.54) is 24.0 Å². The van der Waals surface area contributed by atoms with Gasteiger partial charge in [0.25, 0.3) is 0 Å². The molecular formula is C14H18O. The molecule has 1 aromatic carbocycles. The summed E-state index contributed by atoms with van der Waals surface area (Å²) in [4.78, 5) is 0. The summed E-state index contributed by atoms with van der Waals surface area (Å²) in [6.45, 7) is 5.54. The maximum absolute atomic E-state index is 5.36. The van der Waals surface area contributed by atoms with E-state index in [9.17, 15) is 0 Å². The van der Waals surface area contributed by atoms with E-state index in [4.69, 9.17) is 4.74 Å². The Morgan fingerprint density at radius 2 is 1.80 bits per heavy atom. The van der Waals surface area contributed by atoms with Gasteiger partial charge in [-0.1, -0.05) is 36.8 Å². The van der Waals surface area contributed by atoms with Crippen LogP contribution in [0.1, 0.15) is 30.9 Å². The molecule has 1 aliphatic carbocycles. The van der Waals surface area contributed by atoms with Crippen LogP contribution in [0, 0.1) is 12.8 Å². The van der Waals surface area contributed by atoms with Gasteiger partial charge in [0.2, 0.25) is 0 Å². The summed E-state index contributed by atoms with van der Waals surface area (Å²) in [6.07, 6.45) is 3.21. The van der Waals surface area contributed by atoms with Crippen molar-refractivity contribution in [1.29, 1.82) is 0 Å². The minimum atomic E-state index is 0.421. The molecule has 1 unspecified atom stereocenters. The minimum absolute atomic E-state index is 0.421. The van der Waals surface area contributed by atoms with Crippen molar-refractivity contribution in [3.05, 3.63) is 35.4 Å². The smallest absolute Gasteiger partial charge is 0.0838 e. The summed E-state index contributed by atoms with van der Waals surface area (Å²) < 4.78 is 5.36. The van der Waals surface area contributed by atoms with Gasteiger partial charge in [0, 0.05) is 0 Å². The maximum Gasteiger partial charge on any atom is 0.0838 e. The largest absolute Gasteiger partial charge is 0.373 e. The molecule has 0 spiro atoms. The highest BCUT2D eigenvalue weighted by molar-refractivity contribution is 5.31. The quantitative estimate of drug-likeness (QED) is 0.671. The monoisotopic (exact) mass is 202 g/mol. The normalized spacial score (nSPS) is 38.5.